The number of fused-ring (bicyclic) bond motifs is 1. The van der Waals surface area contributed by atoms with Crippen LogP contribution in [0.1, 0.15) is 36.8 Å². The Morgan fingerprint density at radius 2 is 1.80 bits per heavy atom. The van der Waals surface area contributed by atoms with E-state index in [1.165, 1.54) is 4.90 Å². The van der Waals surface area contributed by atoms with Crippen molar-refractivity contribution in [3.8, 4) is 5.75 Å². The van der Waals surface area contributed by atoms with E-state index in [4.69, 9.17) is 49.0 Å². The highest BCUT2D eigenvalue weighted by atomic mass is 35.6. The highest BCUT2D eigenvalue weighted by Gasteiger charge is 2.26. The van der Waals surface area contributed by atoms with Gasteiger partial charge in [0.05, 0.1) is 19.6 Å². The van der Waals surface area contributed by atoms with Gasteiger partial charge < -0.3 is 19.2 Å². The number of ether oxygens (including phenoxy) is 3. The van der Waals surface area contributed by atoms with Crippen molar-refractivity contribution >= 4 is 63.6 Å². The number of amides is 1. The van der Waals surface area contributed by atoms with Crippen LogP contribution in [0.5, 0.6) is 5.75 Å². The summed E-state index contributed by atoms with van der Waals surface area (Å²) in [4.78, 5) is 34.0. The predicted octanol–water partition coefficient (Wildman–Crippen LogP) is 7.43. The molecule has 0 saturated carbocycles. The number of pyridine rings is 1. The van der Waals surface area contributed by atoms with Gasteiger partial charge in [0.15, 0.2) is 0 Å². The standard InChI is InChI=1S/C30H30Cl3N3O5/c1-2-39-28(37)18-24(21-9-4-3-5-10-21)25-19-35-26-17-22(12-13-23(25)26)40-16-8-15-36(27-11-6-7-14-34-27)29(38)41-20-30(31,32)33/h3-7,9-14,17,19,24,35H,2,8,15-16,18,20H2,1H3. The molecule has 4 aromatic rings. The Morgan fingerprint density at radius 1 is 1.02 bits per heavy atom. The van der Waals surface area contributed by atoms with Gasteiger partial charge in [-0.1, -0.05) is 71.2 Å². The number of nitrogens with one attached hydrogen (secondary N) is 1. The van der Waals surface area contributed by atoms with Crippen LogP contribution in [0, 0.1) is 0 Å². The number of hydrogen-bond donors (Lipinski definition) is 1. The molecule has 0 radical (unpaired) electrons. The molecule has 4 rings (SSSR count). The van der Waals surface area contributed by atoms with Gasteiger partial charge in [-0.15, -0.1) is 0 Å². The number of carbonyl (C=O) groups excluding carboxylic acids is 2. The molecule has 8 nitrogen and oxygen atoms in total. The van der Waals surface area contributed by atoms with E-state index in [1.54, 1.807) is 31.3 Å². The Hall–Kier alpha value is -3.46. The van der Waals surface area contributed by atoms with Crippen LogP contribution in [0.3, 0.4) is 0 Å². The highest BCUT2D eigenvalue weighted by Crippen LogP contribution is 2.35. The van der Waals surface area contributed by atoms with Crippen molar-refractivity contribution in [2.45, 2.75) is 29.5 Å². The van der Waals surface area contributed by atoms with Crippen molar-refractivity contribution < 1.29 is 23.8 Å². The van der Waals surface area contributed by atoms with Crippen LogP contribution in [-0.2, 0) is 14.3 Å². The molecular weight excluding hydrogens is 589 g/mol. The number of H-pyrrole nitrogens is 1. The summed E-state index contributed by atoms with van der Waals surface area (Å²) in [6, 6.07) is 20.9. The number of aromatic nitrogens is 2. The maximum Gasteiger partial charge on any atom is 0.415 e. The monoisotopic (exact) mass is 617 g/mol. The number of carbonyl (C=O) groups is 2. The number of halogens is 3. The molecule has 0 saturated heterocycles. The Morgan fingerprint density at radius 3 is 2.51 bits per heavy atom. The summed E-state index contributed by atoms with van der Waals surface area (Å²) in [5, 5.41) is 0.994. The van der Waals surface area contributed by atoms with Gasteiger partial charge >= 0.3 is 12.1 Å². The number of rotatable bonds is 12. The molecule has 0 spiro atoms. The Labute approximate surface area is 253 Å². The SMILES string of the molecule is CCOC(=O)CC(c1ccccc1)c1c[nH]c2cc(OCCCN(C(=O)OCC(Cl)(Cl)Cl)c3ccccn3)ccc12. The van der Waals surface area contributed by atoms with Crippen LogP contribution in [0.4, 0.5) is 10.6 Å². The first-order valence-electron chi connectivity index (χ1n) is 13.1. The number of aromatic amines is 1. The highest BCUT2D eigenvalue weighted by molar-refractivity contribution is 6.67. The average molecular weight is 619 g/mol. The van der Waals surface area contributed by atoms with Gasteiger partial charge in [0, 0.05) is 41.8 Å². The van der Waals surface area contributed by atoms with Gasteiger partial charge in [0.2, 0.25) is 3.79 Å². The van der Waals surface area contributed by atoms with Crippen molar-refractivity contribution in [2.75, 3.05) is 31.3 Å². The molecule has 0 aliphatic rings. The van der Waals surface area contributed by atoms with Crippen molar-refractivity contribution in [1.29, 1.82) is 0 Å². The zero-order valence-corrected chi connectivity index (χ0v) is 24.7. The zero-order valence-electron chi connectivity index (χ0n) is 22.4. The number of hydrogen-bond acceptors (Lipinski definition) is 6. The largest absolute Gasteiger partial charge is 0.493 e. The van der Waals surface area contributed by atoms with Crippen LogP contribution in [-0.4, -0.2) is 52.2 Å². The number of esters is 1. The molecular formula is C30H30Cl3N3O5. The first-order valence-corrected chi connectivity index (χ1v) is 14.2. The summed E-state index contributed by atoms with van der Waals surface area (Å²) in [5.41, 5.74) is 2.92. The minimum atomic E-state index is -1.72. The average Bonchev–Trinajstić information content (AvgIpc) is 3.38. The molecule has 1 atom stereocenters. The van der Waals surface area contributed by atoms with Crippen LogP contribution < -0.4 is 9.64 Å². The normalized spacial score (nSPS) is 12.1. The fourth-order valence-electron chi connectivity index (χ4n) is 4.43. The first-order chi connectivity index (χ1) is 19.7. The van der Waals surface area contributed by atoms with Gasteiger partial charge in [0.25, 0.3) is 0 Å². The maximum atomic E-state index is 12.7. The minimum absolute atomic E-state index is 0.158. The fraction of sp³-hybridized carbons (Fsp3) is 0.300. The van der Waals surface area contributed by atoms with E-state index >= 15 is 0 Å². The van der Waals surface area contributed by atoms with E-state index < -0.39 is 9.89 Å². The number of alkyl halides is 3. The second kappa shape index (κ2) is 14.4. The van der Waals surface area contributed by atoms with Gasteiger partial charge in [-0.05, 0) is 48.7 Å². The lowest BCUT2D eigenvalue weighted by Crippen LogP contribution is -2.35. The van der Waals surface area contributed by atoms with E-state index in [0.29, 0.717) is 31.2 Å². The number of anilines is 1. The van der Waals surface area contributed by atoms with E-state index in [-0.39, 0.29) is 31.5 Å². The van der Waals surface area contributed by atoms with Crippen molar-refractivity contribution in [1.82, 2.24) is 9.97 Å². The third-order valence-electron chi connectivity index (χ3n) is 6.24. The molecule has 2 aromatic heterocycles. The third-order valence-corrected chi connectivity index (χ3v) is 6.57. The maximum absolute atomic E-state index is 12.7. The molecule has 2 aromatic carbocycles. The van der Waals surface area contributed by atoms with Crippen molar-refractivity contribution in [3.63, 3.8) is 0 Å². The van der Waals surface area contributed by atoms with E-state index in [2.05, 4.69) is 9.97 Å². The van der Waals surface area contributed by atoms with Crippen molar-refractivity contribution in [2.24, 2.45) is 0 Å². The van der Waals surface area contributed by atoms with Crippen LogP contribution in [0.25, 0.3) is 10.9 Å². The molecule has 1 unspecified atom stereocenters. The van der Waals surface area contributed by atoms with Gasteiger partial charge in [-0.25, -0.2) is 9.78 Å². The van der Waals surface area contributed by atoms with Crippen LogP contribution in [0.15, 0.2) is 79.1 Å². The topological polar surface area (TPSA) is 93.8 Å². The molecule has 11 heteroatoms. The number of benzene rings is 2. The fourth-order valence-corrected chi connectivity index (χ4v) is 4.60. The van der Waals surface area contributed by atoms with Gasteiger partial charge in [0.1, 0.15) is 18.2 Å². The lowest BCUT2D eigenvalue weighted by atomic mass is 9.88. The quantitative estimate of drug-likeness (QED) is 0.101. The molecule has 1 N–H and O–H groups in total. The molecule has 0 aliphatic heterocycles. The van der Waals surface area contributed by atoms with Crippen LogP contribution >= 0.6 is 34.8 Å². The second-order valence-corrected chi connectivity index (χ2v) is 11.7. The smallest absolute Gasteiger partial charge is 0.415 e. The van der Waals surface area contributed by atoms with E-state index in [9.17, 15) is 9.59 Å². The minimum Gasteiger partial charge on any atom is -0.493 e. The second-order valence-electron chi connectivity index (χ2n) is 9.14. The zero-order chi connectivity index (χ0) is 29.2. The summed E-state index contributed by atoms with van der Waals surface area (Å²) >= 11 is 17.2. The molecule has 1 amide bonds. The summed E-state index contributed by atoms with van der Waals surface area (Å²) in [6.07, 6.45) is 3.56. The van der Waals surface area contributed by atoms with E-state index in [1.807, 2.05) is 54.7 Å². The summed E-state index contributed by atoms with van der Waals surface area (Å²) < 4.78 is 14.7. The Bertz CT molecular complexity index is 1430. The Balaban J connectivity index is 1.42. The van der Waals surface area contributed by atoms with E-state index in [0.717, 1.165) is 22.0 Å². The molecule has 0 fully saturated rings. The lowest BCUT2D eigenvalue weighted by molar-refractivity contribution is -0.143. The molecule has 216 valence electrons. The lowest BCUT2D eigenvalue weighted by Gasteiger charge is -2.22. The van der Waals surface area contributed by atoms with Crippen molar-refractivity contribution in [3.05, 3.63) is 90.3 Å². The Kier molecular flexibility index (Phi) is 10.7. The first kappa shape index (κ1) is 30.5. The van der Waals surface area contributed by atoms with Gasteiger partial charge in [-0.2, -0.15) is 0 Å². The third kappa shape index (κ3) is 8.76. The van der Waals surface area contributed by atoms with Crippen LogP contribution in [0.2, 0.25) is 0 Å². The molecule has 0 bridgehead atoms. The molecule has 0 aliphatic carbocycles. The summed E-state index contributed by atoms with van der Waals surface area (Å²) in [6.45, 7) is 2.36. The molecule has 41 heavy (non-hydrogen) atoms. The predicted molar refractivity (Wildman–Crippen MR) is 161 cm³/mol. The summed E-state index contributed by atoms with van der Waals surface area (Å²) in [7, 11) is 0. The summed E-state index contributed by atoms with van der Waals surface area (Å²) in [5.74, 6) is 0.676. The molecule has 2 heterocycles. The number of nitrogens with zero attached hydrogens (tertiary/aromatic N) is 2. The van der Waals surface area contributed by atoms with Gasteiger partial charge in [-0.3, -0.25) is 9.69 Å².